The number of allylic oxidation sites excluding steroid dienone is 12. The molecule has 4 N–H and O–H groups in total. The zero-order valence-corrected chi connectivity index (χ0v) is 73.5. The van der Waals surface area contributed by atoms with Gasteiger partial charge in [0.1, 0.15) is 5.76 Å². The average Bonchev–Trinajstić information content (AvgIpc) is 0.866. The van der Waals surface area contributed by atoms with Crippen molar-refractivity contribution in [2.75, 3.05) is 27.9 Å². The number of Topliss-reactive ketones (excluding diaryl/α,β-unsaturated/α-hetero) is 4. The molecule has 10 aromatic rings. The van der Waals surface area contributed by atoms with Crippen LogP contribution in [0.2, 0.25) is 0 Å². The zero-order valence-electron chi connectivity index (χ0n) is 72.7. The topological polar surface area (TPSA) is 235 Å². The number of ether oxygens (including phenoxy) is 4. The van der Waals surface area contributed by atoms with Gasteiger partial charge in [-0.15, -0.1) is 11.3 Å². The van der Waals surface area contributed by atoms with E-state index in [-0.39, 0.29) is 52.3 Å². The van der Waals surface area contributed by atoms with Gasteiger partial charge >= 0.3 is 23.9 Å². The molecule has 0 saturated carbocycles. The Balaban J connectivity index is 0.000000130. The lowest BCUT2D eigenvalue weighted by Gasteiger charge is -2.39. The molecule has 0 bridgehead atoms. The van der Waals surface area contributed by atoms with Gasteiger partial charge in [-0.1, -0.05) is 245 Å². The maximum absolute atomic E-state index is 13.5. The second-order valence-corrected chi connectivity index (χ2v) is 34.6. The Kier molecular flexibility index (Phi) is 26.8. The number of carbonyl (C=O) groups is 8. The lowest BCUT2D eigenvalue weighted by atomic mass is 9.68. The van der Waals surface area contributed by atoms with Crippen molar-refractivity contribution in [3.63, 3.8) is 0 Å². The number of rotatable bonds is 16. The van der Waals surface area contributed by atoms with Crippen molar-refractivity contribution >= 4 is 58.3 Å². The van der Waals surface area contributed by atoms with Gasteiger partial charge in [-0.3, -0.25) is 19.2 Å². The molecule has 0 spiro atoms. The molecule has 0 fully saturated rings. The van der Waals surface area contributed by atoms with Gasteiger partial charge in [-0.25, -0.2) is 19.2 Å². The summed E-state index contributed by atoms with van der Waals surface area (Å²) < 4.78 is 26.3. The van der Waals surface area contributed by atoms with Gasteiger partial charge in [0.15, 0.2) is 23.1 Å². The Morgan fingerprint density at radius 2 is 0.754 bits per heavy atom. The molecule has 8 aromatic carbocycles. The van der Waals surface area contributed by atoms with E-state index < -0.39 is 35.7 Å². The van der Waals surface area contributed by atoms with Crippen molar-refractivity contribution in [3.8, 4) is 44.5 Å². The van der Waals surface area contributed by atoms with Crippen LogP contribution in [-0.4, -0.2) is 74.9 Å². The highest BCUT2D eigenvalue weighted by Crippen LogP contribution is 2.52. The van der Waals surface area contributed by atoms with Gasteiger partial charge in [0, 0.05) is 134 Å². The third-order valence-corrected chi connectivity index (χ3v) is 26.0. The zero-order chi connectivity index (χ0) is 88.5. The van der Waals surface area contributed by atoms with Crippen LogP contribution in [0, 0.1) is 5.41 Å². The summed E-state index contributed by atoms with van der Waals surface area (Å²) in [7, 11) is 4.14. The highest BCUT2D eigenvalue weighted by molar-refractivity contribution is 7.10. The van der Waals surface area contributed by atoms with Gasteiger partial charge in [-0.05, 0) is 162 Å². The first-order valence-electron chi connectivity index (χ1n) is 43.2. The van der Waals surface area contributed by atoms with Gasteiger partial charge in [0.25, 0.3) is 0 Å². The molecule has 2 aromatic heterocycles. The standard InChI is InChI=1S/C28H25NO4.C28H25NO3S.2C26H27NO3/c2*1-17-25(28(31)32-2)26(20-12-10-19(11-13-20)18-7-4-3-5-8-18)27-22(29-17)15-21(16-23(27)30)24-9-6-14-33-24;1-16-22(25(29)30-4)23(24-20(27-16)14-26(2,3)15-21(24)28)19-12-10-18(11-13-19)17-8-6-5-7-9-17;1-3-20-25(26(29)30-4-2)23(24-21(27-20)11-8-12-22(24)28)19-15-13-18(14-16-19)17-9-6-5-7-10-17/h2*3-14,21,26,29H,15-16H2,1-2H3;5-13,23,27H,14-15H2,1-4H3;5-7,9-10,13-16,23,27H,3-4,8,11-12H2,1-2H3. The molecule has 0 saturated heterocycles. The number of benzene rings is 8. The molecule has 18 heteroatoms. The maximum atomic E-state index is 13.5. The number of hydrogen-bond acceptors (Lipinski definition) is 18. The number of furan rings is 1. The average molecular weight is 1700 g/mol. The summed E-state index contributed by atoms with van der Waals surface area (Å²) in [4.78, 5) is 106. The quantitative estimate of drug-likeness (QED) is 0.0520. The smallest absolute Gasteiger partial charge is 0.336 e. The Labute approximate surface area is 740 Å². The van der Waals surface area contributed by atoms with E-state index >= 15 is 0 Å². The number of dihydropyridines is 4. The molecular weight excluding hydrogens is 1590 g/mol. The van der Waals surface area contributed by atoms with Crippen LogP contribution in [0.1, 0.15) is 181 Å². The predicted octanol–water partition coefficient (Wildman–Crippen LogP) is 21.8. The number of carbonyl (C=O) groups excluding carboxylic acids is 8. The Bertz CT molecular complexity index is 5870. The van der Waals surface area contributed by atoms with Crippen LogP contribution in [0.3, 0.4) is 0 Å². The first kappa shape index (κ1) is 87.3. The van der Waals surface area contributed by atoms with Crippen LogP contribution in [0.15, 0.2) is 349 Å². The third-order valence-electron chi connectivity index (χ3n) is 24.9. The summed E-state index contributed by atoms with van der Waals surface area (Å²) in [5, 5.41) is 15.5. The van der Waals surface area contributed by atoms with E-state index in [4.69, 9.17) is 23.4 Å². The first-order valence-corrected chi connectivity index (χ1v) is 44.0. The van der Waals surface area contributed by atoms with Gasteiger partial charge in [0.05, 0.1) is 56.5 Å². The molecular formula is C108H104N4O13S. The Morgan fingerprint density at radius 1 is 0.381 bits per heavy atom. The van der Waals surface area contributed by atoms with E-state index in [9.17, 15) is 38.4 Å². The van der Waals surface area contributed by atoms with Crippen LogP contribution in [0.25, 0.3) is 44.5 Å². The Hall–Kier alpha value is -13.6. The monoisotopic (exact) mass is 1700 g/mol. The van der Waals surface area contributed by atoms with Crippen molar-refractivity contribution in [3.05, 3.63) is 377 Å². The number of thiophene rings is 1. The van der Waals surface area contributed by atoms with Crippen molar-refractivity contribution < 1.29 is 61.7 Å². The summed E-state index contributed by atoms with van der Waals surface area (Å²) in [6.45, 7) is 14.0. The summed E-state index contributed by atoms with van der Waals surface area (Å²) in [6, 6.07) is 81.1. The SMILES string of the molecule is CCOC(=O)C1=C(CC)NC2=C(C(=O)CCC2)C1c1ccc(-c2ccccc2)cc1.COC(=O)C1=C(C)NC2=C(C(=O)CC(C)(C)C2)C1c1ccc(-c2ccccc2)cc1.COC(=O)C1=C(C)NC2=C(C(=O)CC(c3ccco3)C2)C1c1ccc(-c2ccccc2)cc1.COC(=O)C1=C(C)NC2=C(C(=O)CC(c3cccs3)C2)C1c1ccc(-c2ccccc2)cc1. The number of nitrogens with one attached hydrogen (secondary N) is 4. The van der Waals surface area contributed by atoms with E-state index in [2.05, 4.69) is 131 Å². The maximum Gasteiger partial charge on any atom is 0.336 e. The second-order valence-electron chi connectivity index (χ2n) is 33.6. The second kappa shape index (κ2) is 38.7. The molecule has 6 unspecified atom stereocenters. The number of methoxy groups -OCH3 is 3. The molecule has 4 aliphatic heterocycles. The van der Waals surface area contributed by atoms with E-state index in [1.54, 1.807) is 24.5 Å². The molecule has 4 aliphatic carbocycles. The van der Waals surface area contributed by atoms with Crippen LogP contribution >= 0.6 is 11.3 Å². The van der Waals surface area contributed by atoms with E-state index in [1.165, 1.54) is 26.2 Å². The van der Waals surface area contributed by atoms with Crippen molar-refractivity contribution in [2.24, 2.45) is 5.41 Å². The van der Waals surface area contributed by atoms with Crippen LogP contribution < -0.4 is 21.3 Å². The minimum atomic E-state index is -0.469. The lowest BCUT2D eigenvalue weighted by molar-refractivity contribution is -0.139. The summed E-state index contributed by atoms with van der Waals surface area (Å²) >= 11 is 1.69. The normalized spacial score (nSPS) is 20.0. The fraction of sp³-hybridized carbons (Fsp3) is 0.259. The summed E-state index contributed by atoms with van der Waals surface area (Å²) in [5.74, 6) is -1.99. The number of hydrogen-bond donors (Lipinski definition) is 4. The highest BCUT2D eigenvalue weighted by Gasteiger charge is 2.47. The minimum Gasteiger partial charge on any atom is -0.469 e. The molecule has 18 rings (SSSR count). The van der Waals surface area contributed by atoms with Gasteiger partial charge < -0.3 is 44.6 Å². The van der Waals surface area contributed by atoms with E-state index in [0.717, 1.165) is 144 Å². The highest BCUT2D eigenvalue weighted by atomic mass is 32.1. The number of ketones is 4. The van der Waals surface area contributed by atoms with Crippen molar-refractivity contribution in [1.82, 2.24) is 21.3 Å². The van der Waals surface area contributed by atoms with E-state index in [0.29, 0.717) is 89.8 Å². The molecule has 0 amide bonds. The van der Waals surface area contributed by atoms with Crippen LogP contribution in [0.5, 0.6) is 0 Å². The minimum absolute atomic E-state index is 0.0210. The van der Waals surface area contributed by atoms with Crippen LogP contribution in [-0.2, 0) is 57.3 Å². The van der Waals surface area contributed by atoms with Crippen LogP contribution in [0.4, 0.5) is 0 Å². The molecule has 17 nitrogen and oxygen atoms in total. The molecule has 8 aliphatic rings. The van der Waals surface area contributed by atoms with Gasteiger partial charge in [0.2, 0.25) is 0 Å². The summed E-state index contributed by atoms with van der Waals surface area (Å²) in [5.41, 5.74) is 24.1. The summed E-state index contributed by atoms with van der Waals surface area (Å²) in [6.07, 6.45) is 7.97. The third kappa shape index (κ3) is 18.5. The molecule has 640 valence electrons. The molecule has 0 radical (unpaired) electrons. The van der Waals surface area contributed by atoms with Crippen molar-refractivity contribution in [1.29, 1.82) is 0 Å². The first-order chi connectivity index (χ1) is 61.1. The fourth-order valence-corrected chi connectivity index (χ4v) is 19.9. The predicted molar refractivity (Wildman–Crippen MR) is 491 cm³/mol. The van der Waals surface area contributed by atoms with E-state index in [1.807, 2.05) is 179 Å². The number of esters is 4. The molecule has 6 heterocycles. The molecule has 6 atom stereocenters. The lowest BCUT2D eigenvalue weighted by Crippen LogP contribution is -2.38. The van der Waals surface area contributed by atoms with Gasteiger partial charge in [-0.2, -0.15) is 0 Å². The fourth-order valence-electron chi connectivity index (χ4n) is 19.1. The van der Waals surface area contributed by atoms with Crippen molar-refractivity contribution in [2.45, 2.75) is 148 Å². The Morgan fingerprint density at radius 3 is 1.13 bits per heavy atom. The largest absolute Gasteiger partial charge is 0.469 e. The molecule has 126 heavy (non-hydrogen) atoms.